The minimum atomic E-state index is -2.87. The summed E-state index contributed by atoms with van der Waals surface area (Å²) in [7, 11) is -2.87. The molecule has 1 aliphatic heterocycles. The normalized spacial score (nSPS) is 19.0. The minimum absolute atomic E-state index is 0.216. The molecule has 252 valence electrons. The van der Waals surface area contributed by atoms with Crippen molar-refractivity contribution in [3.63, 3.8) is 0 Å². The highest BCUT2D eigenvalue weighted by atomic mass is 28.4. The van der Waals surface area contributed by atoms with E-state index in [1.807, 2.05) is 86.6 Å². The zero-order chi connectivity index (χ0) is 34.2. The van der Waals surface area contributed by atoms with E-state index in [1.165, 1.54) is 10.4 Å². The van der Waals surface area contributed by atoms with Gasteiger partial charge in [0.25, 0.3) is 8.32 Å². The Labute approximate surface area is 286 Å². The molecule has 1 saturated heterocycles. The number of hydrogen-bond acceptors (Lipinski definition) is 6. The molecule has 0 unspecified atom stereocenters. The van der Waals surface area contributed by atoms with E-state index in [-0.39, 0.29) is 24.9 Å². The predicted octanol–water partition coefficient (Wildman–Crippen LogP) is 7.01. The summed E-state index contributed by atoms with van der Waals surface area (Å²) in [5, 5.41) is 2.14. The van der Waals surface area contributed by atoms with Crippen molar-refractivity contribution in [2.24, 2.45) is 0 Å². The Morgan fingerprint density at radius 1 is 0.771 bits per heavy atom. The van der Waals surface area contributed by atoms with Crippen molar-refractivity contribution >= 4 is 25.0 Å². The Hall–Kier alpha value is -3.69. The van der Waals surface area contributed by atoms with E-state index in [4.69, 9.17) is 23.4 Å². The van der Waals surface area contributed by atoms with Gasteiger partial charge in [-0.3, -0.25) is 0 Å². The molecule has 4 atom stereocenters. The van der Waals surface area contributed by atoms with Gasteiger partial charge in [-0.15, -0.1) is 0 Å². The molecular formula is C41H48O6Si. The number of aldehydes is 1. The molecule has 0 saturated carbocycles. The van der Waals surface area contributed by atoms with Crippen molar-refractivity contribution in [3.05, 3.63) is 145 Å². The van der Waals surface area contributed by atoms with Crippen LogP contribution in [0.3, 0.4) is 0 Å². The fourth-order valence-corrected chi connectivity index (χ4v) is 11.1. The summed E-state index contributed by atoms with van der Waals surface area (Å²) in [6.07, 6.45) is -2.07. The molecule has 0 spiro atoms. The van der Waals surface area contributed by atoms with E-state index < -0.39 is 38.5 Å². The van der Waals surface area contributed by atoms with Crippen molar-refractivity contribution in [2.45, 2.75) is 83.1 Å². The average Bonchev–Trinajstić information content (AvgIpc) is 3.41. The summed E-state index contributed by atoms with van der Waals surface area (Å²) in [5.74, 6) is -0.918. The highest BCUT2D eigenvalue weighted by molar-refractivity contribution is 6.99. The summed E-state index contributed by atoms with van der Waals surface area (Å²) in [4.78, 5) is 12.7. The van der Waals surface area contributed by atoms with Gasteiger partial charge in [-0.05, 0) is 46.0 Å². The minimum Gasteiger partial charge on any atom is -0.405 e. The largest absolute Gasteiger partial charge is 0.405 e. The zero-order valence-corrected chi connectivity index (χ0v) is 29.7. The third-order valence-corrected chi connectivity index (χ3v) is 13.8. The number of rotatable bonds is 15. The monoisotopic (exact) mass is 664 g/mol. The molecule has 0 aromatic heterocycles. The van der Waals surface area contributed by atoms with Crippen LogP contribution >= 0.6 is 0 Å². The summed E-state index contributed by atoms with van der Waals surface area (Å²) in [6.45, 7) is 15.8. The van der Waals surface area contributed by atoms with E-state index in [1.54, 1.807) is 0 Å². The van der Waals surface area contributed by atoms with Crippen molar-refractivity contribution in [1.29, 1.82) is 0 Å². The second-order valence-electron chi connectivity index (χ2n) is 13.8. The molecule has 1 heterocycles. The second-order valence-corrected chi connectivity index (χ2v) is 18.1. The van der Waals surface area contributed by atoms with Gasteiger partial charge in [-0.1, -0.05) is 149 Å². The van der Waals surface area contributed by atoms with E-state index in [0.717, 1.165) is 17.4 Å². The van der Waals surface area contributed by atoms with Crippen LogP contribution in [0.2, 0.25) is 5.04 Å². The lowest BCUT2D eigenvalue weighted by atomic mass is 9.97. The average molecular weight is 665 g/mol. The van der Waals surface area contributed by atoms with Gasteiger partial charge < -0.3 is 28.2 Å². The third kappa shape index (κ3) is 8.29. The number of ether oxygens (including phenoxy) is 4. The van der Waals surface area contributed by atoms with E-state index >= 15 is 0 Å². The van der Waals surface area contributed by atoms with Gasteiger partial charge in [0.2, 0.25) is 0 Å². The maximum absolute atomic E-state index is 12.7. The second kappa shape index (κ2) is 15.7. The summed E-state index contributed by atoms with van der Waals surface area (Å²) in [6, 6.07) is 40.6. The van der Waals surface area contributed by atoms with Gasteiger partial charge >= 0.3 is 0 Å². The molecule has 4 aromatic rings. The van der Waals surface area contributed by atoms with Crippen LogP contribution in [0.5, 0.6) is 0 Å². The Balaban J connectivity index is 1.45. The molecule has 0 bridgehead atoms. The first kappa shape index (κ1) is 35.6. The Kier molecular flexibility index (Phi) is 11.6. The quantitative estimate of drug-likeness (QED) is 0.0775. The molecule has 1 fully saturated rings. The van der Waals surface area contributed by atoms with Gasteiger partial charge in [0.05, 0.1) is 19.8 Å². The smallest absolute Gasteiger partial charge is 0.261 e. The highest BCUT2D eigenvalue weighted by Crippen LogP contribution is 2.39. The summed E-state index contributed by atoms with van der Waals surface area (Å²) < 4.78 is 33.0. The standard InChI is InChI=1S/C41H48O6Si/c1-31(38(44-29-33-21-13-8-14-22-33)36(27-42)43-28-32-19-11-7-12-20-32)39-37(46-41(5,6)47-39)30-45-48(40(2,3)4,34-23-15-9-16-24-34)35-25-17-10-18-26-35/h7-27,36-39H,1,28-30H2,2-6H3/t36-,37-,38-,39-/m0/s1. The number of carbonyl (C=O) groups is 1. The fourth-order valence-electron chi connectivity index (χ4n) is 6.54. The molecular weight excluding hydrogens is 617 g/mol. The van der Waals surface area contributed by atoms with E-state index in [9.17, 15) is 4.79 Å². The van der Waals surface area contributed by atoms with Gasteiger partial charge in [-0.25, -0.2) is 0 Å². The zero-order valence-electron chi connectivity index (χ0n) is 28.7. The van der Waals surface area contributed by atoms with Crippen LogP contribution in [0, 0.1) is 0 Å². The number of hydrogen-bond donors (Lipinski definition) is 0. The van der Waals surface area contributed by atoms with Crippen molar-refractivity contribution in [3.8, 4) is 0 Å². The lowest BCUT2D eigenvalue weighted by Crippen LogP contribution is -2.67. The Morgan fingerprint density at radius 3 is 1.69 bits per heavy atom. The summed E-state index contributed by atoms with van der Waals surface area (Å²) in [5.41, 5.74) is 2.49. The van der Waals surface area contributed by atoms with Crippen LogP contribution in [0.15, 0.2) is 133 Å². The molecule has 7 heteroatoms. The number of benzene rings is 4. The molecule has 6 nitrogen and oxygen atoms in total. The first-order valence-corrected chi connectivity index (χ1v) is 18.5. The molecule has 0 aliphatic carbocycles. The van der Waals surface area contributed by atoms with Gasteiger partial charge in [-0.2, -0.15) is 0 Å². The lowest BCUT2D eigenvalue weighted by molar-refractivity contribution is -0.149. The summed E-state index contributed by atoms with van der Waals surface area (Å²) >= 11 is 0. The van der Waals surface area contributed by atoms with Crippen LogP contribution in [0.25, 0.3) is 0 Å². The van der Waals surface area contributed by atoms with Crippen molar-refractivity contribution < 1.29 is 28.2 Å². The molecule has 4 aromatic carbocycles. The van der Waals surface area contributed by atoms with Crippen molar-refractivity contribution in [1.82, 2.24) is 0 Å². The van der Waals surface area contributed by atoms with Crippen LogP contribution in [0.1, 0.15) is 45.7 Å². The van der Waals surface area contributed by atoms with Crippen LogP contribution in [0.4, 0.5) is 0 Å². The Bertz CT molecular complexity index is 1550. The van der Waals surface area contributed by atoms with Crippen molar-refractivity contribution in [2.75, 3.05) is 6.61 Å². The SMILES string of the molecule is C=C([C@H](OCc1ccccc1)[C@H](C=O)OCc1ccccc1)[C@@H]1OC(C)(C)O[C@H]1CO[Si](c1ccccc1)(c1ccccc1)C(C)(C)C. The van der Waals surface area contributed by atoms with Gasteiger partial charge in [0.15, 0.2) is 12.1 Å². The van der Waals surface area contributed by atoms with Crippen LogP contribution < -0.4 is 10.4 Å². The predicted molar refractivity (Wildman–Crippen MR) is 193 cm³/mol. The molecule has 0 radical (unpaired) electrons. The van der Waals surface area contributed by atoms with Crippen LogP contribution in [-0.2, 0) is 41.4 Å². The fraction of sp³-hybridized carbons (Fsp3) is 0.341. The van der Waals surface area contributed by atoms with Gasteiger partial charge in [0, 0.05) is 0 Å². The maximum atomic E-state index is 12.7. The van der Waals surface area contributed by atoms with Crippen LogP contribution in [-0.4, -0.2) is 51.4 Å². The molecule has 48 heavy (non-hydrogen) atoms. The third-order valence-electron chi connectivity index (χ3n) is 8.79. The maximum Gasteiger partial charge on any atom is 0.261 e. The van der Waals surface area contributed by atoms with Gasteiger partial charge in [0.1, 0.15) is 24.4 Å². The molecule has 1 aliphatic rings. The first-order chi connectivity index (χ1) is 23.0. The van der Waals surface area contributed by atoms with E-state index in [2.05, 4.69) is 75.9 Å². The topological polar surface area (TPSA) is 63.2 Å². The molecule has 0 N–H and O–H groups in total. The highest BCUT2D eigenvalue weighted by Gasteiger charge is 2.52. The molecule has 5 rings (SSSR count). The van der Waals surface area contributed by atoms with E-state index in [0.29, 0.717) is 5.57 Å². The molecule has 0 amide bonds. The Morgan fingerprint density at radius 2 is 1.23 bits per heavy atom. The lowest BCUT2D eigenvalue weighted by Gasteiger charge is -2.43. The first-order valence-electron chi connectivity index (χ1n) is 16.6. The number of carbonyl (C=O) groups excluding carboxylic acids is 1.